The highest BCUT2D eigenvalue weighted by Gasteiger charge is 2.11. The van der Waals surface area contributed by atoms with E-state index in [1.54, 1.807) is 19.2 Å². The smallest absolute Gasteiger partial charge is 0.131 e. The largest absolute Gasteiger partial charge is 0.497 e. The molecule has 0 saturated heterocycles. The van der Waals surface area contributed by atoms with Crippen LogP contribution in [0.2, 0.25) is 0 Å². The molecule has 0 aliphatic carbocycles. The Bertz CT molecular complexity index is 352. The van der Waals surface area contributed by atoms with E-state index in [1.165, 1.54) is 6.07 Å². The fraction of sp³-hybridized carbons (Fsp3) is 0.571. The number of hydrogen-bond acceptors (Lipinski definition) is 2. The van der Waals surface area contributed by atoms with Crippen LogP contribution >= 0.6 is 0 Å². The van der Waals surface area contributed by atoms with E-state index in [4.69, 9.17) is 4.74 Å². The van der Waals surface area contributed by atoms with Gasteiger partial charge >= 0.3 is 0 Å². The number of ether oxygens (including phenoxy) is 1. The van der Waals surface area contributed by atoms with Gasteiger partial charge < -0.3 is 10.1 Å². The molecule has 3 heteroatoms. The van der Waals surface area contributed by atoms with E-state index < -0.39 is 0 Å². The first-order valence-corrected chi connectivity index (χ1v) is 6.11. The van der Waals surface area contributed by atoms with Gasteiger partial charge in [-0.3, -0.25) is 0 Å². The van der Waals surface area contributed by atoms with Crippen LogP contribution < -0.4 is 10.1 Å². The first kappa shape index (κ1) is 14.0. The van der Waals surface area contributed by atoms with Crippen LogP contribution in [0.5, 0.6) is 5.75 Å². The molecular weight excluding hydrogens is 217 g/mol. The van der Waals surface area contributed by atoms with Crippen LogP contribution in [0.1, 0.15) is 38.8 Å². The number of nitrogens with one attached hydrogen (secondary N) is 1. The Labute approximate surface area is 103 Å². The number of methoxy groups -OCH3 is 1. The molecule has 0 saturated carbocycles. The molecule has 17 heavy (non-hydrogen) atoms. The Morgan fingerprint density at radius 3 is 2.53 bits per heavy atom. The third-order valence-corrected chi connectivity index (χ3v) is 2.85. The fourth-order valence-electron chi connectivity index (χ4n) is 1.68. The molecule has 1 rings (SSSR count). The Morgan fingerprint density at radius 1 is 1.29 bits per heavy atom. The van der Waals surface area contributed by atoms with Gasteiger partial charge in [0.15, 0.2) is 0 Å². The van der Waals surface area contributed by atoms with Crippen molar-refractivity contribution >= 4 is 0 Å². The summed E-state index contributed by atoms with van der Waals surface area (Å²) in [6.07, 6.45) is 1.10. The standard InChI is InChI=1S/C14H22FNO/c1-10(2)7-8-16-11(3)13-6-5-12(17-4)9-14(13)15/h5-6,9-11,16H,7-8H2,1-4H3. The Hall–Kier alpha value is -1.09. The van der Waals surface area contributed by atoms with E-state index in [0.717, 1.165) is 13.0 Å². The predicted octanol–water partition coefficient (Wildman–Crippen LogP) is 3.53. The lowest BCUT2D eigenvalue weighted by Gasteiger charge is -2.16. The van der Waals surface area contributed by atoms with E-state index in [2.05, 4.69) is 19.2 Å². The minimum absolute atomic E-state index is 0.0275. The summed E-state index contributed by atoms with van der Waals surface area (Å²) in [7, 11) is 1.54. The second-order valence-electron chi connectivity index (χ2n) is 4.75. The van der Waals surface area contributed by atoms with Gasteiger partial charge in [0.05, 0.1) is 7.11 Å². The topological polar surface area (TPSA) is 21.3 Å². The maximum absolute atomic E-state index is 13.8. The minimum atomic E-state index is -0.214. The molecule has 0 aliphatic rings. The molecule has 0 aromatic heterocycles. The van der Waals surface area contributed by atoms with Gasteiger partial charge in [-0.15, -0.1) is 0 Å². The molecule has 1 atom stereocenters. The van der Waals surface area contributed by atoms with Gasteiger partial charge in [0.1, 0.15) is 11.6 Å². The summed E-state index contributed by atoms with van der Waals surface area (Å²) < 4.78 is 18.7. The fourth-order valence-corrected chi connectivity index (χ4v) is 1.68. The summed E-state index contributed by atoms with van der Waals surface area (Å²) >= 11 is 0. The minimum Gasteiger partial charge on any atom is -0.497 e. The zero-order valence-corrected chi connectivity index (χ0v) is 11.1. The van der Waals surface area contributed by atoms with Crippen LogP contribution in [0, 0.1) is 11.7 Å². The van der Waals surface area contributed by atoms with Gasteiger partial charge in [-0.2, -0.15) is 0 Å². The Kier molecular flexibility index (Phi) is 5.42. The summed E-state index contributed by atoms with van der Waals surface area (Å²) in [6.45, 7) is 7.25. The number of rotatable bonds is 6. The third-order valence-electron chi connectivity index (χ3n) is 2.85. The molecule has 1 N–H and O–H groups in total. The highest BCUT2D eigenvalue weighted by molar-refractivity contribution is 5.30. The molecule has 0 radical (unpaired) electrons. The van der Waals surface area contributed by atoms with Crippen molar-refractivity contribution in [2.75, 3.05) is 13.7 Å². The van der Waals surface area contributed by atoms with Crippen molar-refractivity contribution < 1.29 is 9.13 Å². The summed E-state index contributed by atoms with van der Waals surface area (Å²) in [6, 6.07) is 5.02. The average molecular weight is 239 g/mol. The van der Waals surface area contributed by atoms with E-state index in [-0.39, 0.29) is 11.9 Å². The van der Waals surface area contributed by atoms with Crippen LogP contribution in [-0.4, -0.2) is 13.7 Å². The predicted molar refractivity (Wildman–Crippen MR) is 68.8 cm³/mol. The van der Waals surface area contributed by atoms with Crippen molar-refractivity contribution in [2.45, 2.75) is 33.2 Å². The lowest BCUT2D eigenvalue weighted by Crippen LogP contribution is -2.21. The first-order chi connectivity index (χ1) is 8.04. The van der Waals surface area contributed by atoms with E-state index >= 15 is 0 Å². The molecule has 0 spiro atoms. The van der Waals surface area contributed by atoms with Crippen molar-refractivity contribution in [1.29, 1.82) is 0 Å². The third kappa shape index (κ3) is 4.35. The van der Waals surface area contributed by atoms with E-state index in [1.807, 2.05) is 6.92 Å². The number of benzene rings is 1. The van der Waals surface area contributed by atoms with Gasteiger partial charge in [-0.1, -0.05) is 19.9 Å². The van der Waals surface area contributed by atoms with Crippen molar-refractivity contribution in [1.82, 2.24) is 5.32 Å². The quantitative estimate of drug-likeness (QED) is 0.820. The molecule has 1 aromatic carbocycles. The van der Waals surface area contributed by atoms with Gasteiger partial charge in [-0.25, -0.2) is 4.39 Å². The zero-order chi connectivity index (χ0) is 12.8. The lowest BCUT2D eigenvalue weighted by atomic mass is 10.1. The van der Waals surface area contributed by atoms with Crippen LogP contribution in [0.15, 0.2) is 18.2 Å². The van der Waals surface area contributed by atoms with Crippen LogP contribution in [-0.2, 0) is 0 Å². The highest BCUT2D eigenvalue weighted by Crippen LogP contribution is 2.21. The second kappa shape index (κ2) is 6.60. The lowest BCUT2D eigenvalue weighted by molar-refractivity contribution is 0.409. The first-order valence-electron chi connectivity index (χ1n) is 6.11. The summed E-state index contributed by atoms with van der Waals surface area (Å²) in [4.78, 5) is 0. The number of halogens is 1. The van der Waals surface area contributed by atoms with E-state index in [9.17, 15) is 4.39 Å². The SMILES string of the molecule is COc1ccc(C(C)NCCC(C)C)c(F)c1. The molecule has 2 nitrogen and oxygen atoms in total. The molecule has 96 valence electrons. The Morgan fingerprint density at radius 2 is 2.00 bits per heavy atom. The molecule has 0 bridgehead atoms. The summed E-state index contributed by atoms with van der Waals surface area (Å²) in [5, 5.41) is 3.33. The molecular formula is C14H22FNO. The Balaban J connectivity index is 2.59. The van der Waals surface area contributed by atoms with Crippen molar-refractivity contribution in [3.8, 4) is 5.75 Å². The van der Waals surface area contributed by atoms with Gasteiger partial charge in [0.25, 0.3) is 0 Å². The van der Waals surface area contributed by atoms with E-state index in [0.29, 0.717) is 17.2 Å². The maximum atomic E-state index is 13.8. The molecule has 0 aliphatic heterocycles. The van der Waals surface area contributed by atoms with Crippen molar-refractivity contribution in [2.24, 2.45) is 5.92 Å². The molecule has 1 aromatic rings. The van der Waals surface area contributed by atoms with Crippen LogP contribution in [0.3, 0.4) is 0 Å². The average Bonchev–Trinajstić information content (AvgIpc) is 2.28. The van der Waals surface area contributed by atoms with Crippen molar-refractivity contribution in [3.05, 3.63) is 29.6 Å². The van der Waals surface area contributed by atoms with Crippen LogP contribution in [0.4, 0.5) is 4.39 Å². The second-order valence-corrected chi connectivity index (χ2v) is 4.75. The number of hydrogen-bond donors (Lipinski definition) is 1. The zero-order valence-electron chi connectivity index (χ0n) is 11.1. The molecule has 0 heterocycles. The van der Waals surface area contributed by atoms with Crippen LogP contribution in [0.25, 0.3) is 0 Å². The maximum Gasteiger partial charge on any atom is 0.131 e. The highest BCUT2D eigenvalue weighted by atomic mass is 19.1. The van der Waals surface area contributed by atoms with Gasteiger partial charge in [0.2, 0.25) is 0 Å². The molecule has 0 fully saturated rings. The molecule has 0 amide bonds. The normalized spacial score (nSPS) is 12.8. The van der Waals surface area contributed by atoms with Gasteiger partial charge in [0, 0.05) is 17.7 Å². The summed E-state index contributed by atoms with van der Waals surface area (Å²) in [5.74, 6) is 1.00. The summed E-state index contributed by atoms with van der Waals surface area (Å²) in [5.41, 5.74) is 0.689. The monoisotopic (exact) mass is 239 g/mol. The van der Waals surface area contributed by atoms with Gasteiger partial charge in [-0.05, 0) is 31.9 Å². The van der Waals surface area contributed by atoms with Crippen molar-refractivity contribution in [3.63, 3.8) is 0 Å². The molecule has 1 unspecified atom stereocenters.